The Hall–Kier alpha value is -1.55. The lowest BCUT2D eigenvalue weighted by molar-refractivity contribution is 0.0284. The van der Waals surface area contributed by atoms with Gasteiger partial charge in [-0.1, -0.05) is 24.3 Å². The summed E-state index contributed by atoms with van der Waals surface area (Å²) in [4.78, 5) is 13.8. The van der Waals surface area contributed by atoms with E-state index in [0.717, 1.165) is 12.0 Å². The van der Waals surface area contributed by atoms with Gasteiger partial charge in [-0.05, 0) is 45.2 Å². The number of aryl methyl sites for hydroxylation is 1. The van der Waals surface area contributed by atoms with Crippen molar-refractivity contribution < 1.29 is 9.53 Å². The number of ether oxygens (including phenoxy) is 1. The second-order valence-corrected chi connectivity index (χ2v) is 6.62. The molecule has 1 atom stereocenters. The fraction of sp³-hybridized carbons (Fsp3) is 0.562. The van der Waals surface area contributed by atoms with Crippen LogP contribution in [0.3, 0.4) is 0 Å². The summed E-state index contributed by atoms with van der Waals surface area (Å²) in [5.74, 6) is 0. The lowest BCUT2D eigenvalue weighted by Crippen LogP contribution is -2.43. The number of nitrogens with two attached hydrogens (primary N) is 1. The molecule has 2 N–H and O–H groups in total. The molecule has 20 heavy (non-hydrogen) atoms. The summed E-state index contributed by atoms with van der Waals surface area (Å²) in [5, 5.41) is 0. The Kier molecular flexibility index (Phi) is 3.78. The van der Waals surface area contributed by atoms with Crippen LogP contribution in [0.4, 0.5) is 4.79 Å². The Labute approximate surface area is 120 Å². The number of nitrogens with zero attached hydrogens (tertiary/aromatic N) is 1. The van der Waals surface area contributed by atoms with Crippen LogP contribution in [0.15, 0.2) is 24.3 Å². The third kappa shape index (κ3) is 3.12. The molecule has 0 spiro atoms. The smallest absolute Gasteiger partial charge is 0.410 e. The van der Waals surface area contributed by atoms with Gasteiger partial charge in [0, 0.05) is 13.1 Å². The fourth-order valence-corrected chi connectivity index (χ4v) is 2.67. The van der Waals surface area contributed by atoms with Crippen LogP contribution >= 0.6 is 0 Å². The molecule has 1 amide bonds. The third-order valence-electron chi connectivity index (χ3n) is 3.63. The summed E-state index contributed by atoms with van der Waals surface area (Å²) >= 11 is 0. The maximum atomic E-state index is 12.1. The zero-order valence-corrected chi connectivity index (χ0v) is 12.8. The SMILES string of the molecule is Cc1ccccc1C1(N)CCN(C(=O)OC(C)(C)C)C1. The first-order valence-electron chi connectivity index (χ1n) is 7.04. The second kappa shape index (κ2) is 5.09. The van der Waals surface area contributed by atoms with E-state index in [9.17, 15) is 4.79 Å². The van der Waals surface area contributed by atoms with E-state index in [1.54, 1.807) is 4.90 Å². The van der Waals surface area contributed by atoms with Gasteiger partial charge in [-0.15, -0.1) is 0 Å². The molecule has 0 aliphatic carbocycles. The van der Waals surface area contributed by atoms with Gasteiger partial charge in [-0.2, -0.15) is 0 Å². The molecule has 1 unspecified atom stereocenters. The van der Waals surface area contributed by atoms with E-state index >= 15 is 0 Å². The van der Waals surface area contributed by atoms with Crippen molar-refractivity contribution in [2.24, 2.45) is 5.73 Å². The van der Waals surface area contributed by atoms with E-state index in [1.807, 2.05) is 39.0 Å². The Bertz CT molecular complexity index is 507. The highest BCUT2D eigenvalue weighted by Crippen LogP contribution is 2.32. The van der Waals surface area contributed by atoms with Crippen LogP contribution < -0.4 is 5.73 Å². The Morgan fingerprint density at radius 1 is 1.35 bits per heavy atom. The van der Waals surface area contributed by atoms with Crippen molar-refractivity contribution in [2.75, 3.05) is 13.1 Å². The van der Waals surface area contributed by atoms with Crippen LogP contribution in [0, 0.1) is 6.92 Å². The molecule has 1 saturated heterocycles. The molecule has 1 aromatic rings. The largest absolute Gasteiger partial charge is 0.444 e. The molecule has 0 aromatic heterocycles. The number of benzene rings is 1. The highest BCUT2D eigenvalue weighted by Gasteiger charge is 2.40. The van der Waals surface area contributed by atoms with E-state index < -0.39 is 11.1 Å². The van der Waals surface area contributed by atoms with Crippen LogP contribution in [-0.4, -0.2) is 29.7 Å². The van der Waals surface area contributed by atoms with Gasteiger partial charge in [0.05, 0.1) is 5.54 Å². The topological polar surface area (TPSA) is 55.6 Å². The highest BCUT2D eigenvalue weighted by atomic mass is 16.6. The molecule has 1 aromatic carbocycles. The Balaban J connectivity index is 2.12. The molecule has 2 rings (SSSR count). The average molecular weight is 276 g/mol. The van der Waals surface area contributed by atoms with Gasteiger partial charge < -0.3 is 15.4 Å². The van der Waals surface area contributed by atoms with Crippen LogP contribution in [0.1, 0.15) is 38.3 Å². The van der Waals surface area contributed by atoms with Crippen LogP contribution in [0.5, 0.6) is 0 Å². The number of hydrogen-bond donors (Lipinski definition) is 1. The zero-order valence-electron chi connectivity index (χ0n) is 12.8. The summed E-state index contributed by atoms with van der Waals surface area (Å²) < 4.78 is 5.41. The Morgan fingerprint density at radius 2 is 2.00 bits per heavy atom. The normalized spacial score (nSPS) is 22.9. The van der Waals surface area contributed by atoms with Gasteiger partial charge in [0.25, 0.3) is 0 Å². The van der Waals surface area contributed by atoms with Crippen molar-refractivity contribution in [3.8, 4) is 0 Å². The van der Waals surface area contributed by atoms with Crippen LogP contribution in [0.25, 0.3) is 0 Å². The predicted octanol–water partition coefficient (Wildman–Crippen LogP) is 2.79. The van der Waals surface area contributed by atoms with Crippen molar-refractivity contribution in [1.82, 2.24) is 4.90 Å². The Morgan fingerprint density at radius 3 is 2.60 bits per heavy atom. The predicted molar refractivity (Wildman–Crippen MR) is 79.5 cm³/mol. The molecular weight excluding hydrogens is 252 g/mol. The van der Waals surface area contributed by atoms with Crippen molar-refractivity contribution in [2.45, 2.75) is 45.3 Å². The first kappa shape index (κ1) is 14.9. The minimum absolute atomic E-state index is 0.279. The summed E-state index contributed by atoms with van der Waals surface area (Å²) in [6.45, 7) is 8.82. The lowest BCUT2D eigenvalue weighted by Gasteiger charge is -2.28. The summed E-state index contributed by atoms with van der Waals surface area (Å²) in [7, 11) is 0. The average Bonchev–Trinajstić information content (AvgIpc) is 2.71. The first-order chi connectivity index (χ1) is 9.21. The van der Waals surface area contributed by atoms with E-state index in [-0.39, 0.29) is 6.09 Å². The van der Waals surface area contributed by atoms with Crippen molar-refractivity contribution in [1.29, 1.82) is 0 Å². The summed E-state index contributed by atoms with van der Waals surface area (Å²) in [6.07, 6.45) is 0.482. The van der Waals surface area contributed by atoms with Gasteiger partial charge in [-0.25, -0.2) is 4.79 Å². The van der Waals surface area contributed by atoms with Gasteiger partial charge in [-0.3, -0.25) is 0 Å². The number of rotatable bonds is 1. The lowest BCUT2D eigenvalue weighted by atomic mass is 9.87. The molecule has 0 bridgehead atoms. The first-order valence-corrected chi connectivity index (χ1v) is 7.04. The van der Waals surface area contributed by atoms with Gasteiger partial charge >= 0.3 is 6.09 Å². The molecule has 4 nitrogen and oxygen atoms in total. The van der Waals surface area contributed by atoms with Crippen LogP contribution in [-0.2, 0) is 10.3 Å². The molecule has 1 heterocycles. The van der Waals surface area contributed by atoms with Crippen molar-refractivity contribution in [3.63, 3.8) is 0 Å². The highest BCUT2D eigenvalue weighted by molar-refractivity contribution is 5.69. The number of carbonyl (C=O) groups excluding carboxylic acids is 1. The van der Waals surface area contributed by atoms with Crippen molar-refractivity contribution in [3.05, 3.63) is 35.4 Å². The monoisotopic (exact) mass is 276 g/mol. The van der Waals surface area contributed by atoms with Gasteiger partial charge in [0.15, 0.2) is 0 Å². The van der Waals surface area contributed by atoms with Gasteiger partial charge in [0.1, 0.15) is 5.60 Å². The number of carbonyl (C=O) groups is 1. The molecule has 1 aliphatic heterocycles. The molecule has 0 saturated carbocycles. The molecule has 1 fully saturated rings. The fourth-order valence-electron chi connectivity index (χ4n) is 2.67. The summed E-state index contributed by atoms with van der Waals surface area (Å²) in [6, 6.07) is 8.10. The van der Waals surface area contributed by atoms with Crippen molar-refractivity contribution >= 4 is 6.09 Å². The molecule has 1 aliphatic rings. The molecule has 0 radical (unpaired) electrons. The number of likely N-dealkylation sites (tertiary alicyclic amines) is 1. The summed E-state index contributed by atoms with van der Waals surface area (Å²) in [5.41, 5.74) is 7.87. The standard InChI is InChI=1S/C16H24N2O2/c1-12-7-5-6-8-13(12)16(17)9-10-18(11-16)14(19)20-15(2,3)4/h5-8H,9-11,17H2,1-4H3. The molecule has 110 valence electrons. The third-order valence-corrected chi connectivity index (χ3v) is 3.63. The molecular formula is C16H24N2O2. The minimum Gasteiger partial charge on any atom is -0.444 e. The zero-order chi connectivity index (χ0) is 15.0. The van der Waals surface area contributed by atoms with E-state index in [0.29, 0.717) is 13.1 Å². The number of hydrogen-bond acceptors (Lipinski definition) is 3. The number of amides is 1. The second-order valence-electron chi connectivity index (χ2n) is 6.62. The quantitative estimate of drug-likeness (QED) is 0.858. The maximum Gasteiger partial charge on any atom is 0.410 e. The van der Waals surface area contributed by atoms with E-state index in [1.165, 1.54) is 5.56 Å². The maximum absolute atomic E-state index is 12.1. The minimum atomic E-state index is -0.473. The van der Waals surface area contributed by atoms with E-state index in [4.69, 9.17) is 10.5 Å². The van der Waals surface area contributed by atoms with Gasteiger partial charge in [0.2, 0.25) is 0 Å². The molecule has 4 heteroatoms. The van der Waals surface area contributed by atoms with Crippen LogP contribution in [0.2, 0.25) is 0 Å². The van der Waals surface area contributed by atoms with E-state index in [2.05, 4.69) is 13.0 Å².